The van der Waals surface area contributed by atoms with Gasteiger partial charge in [-0.3, -0.25) is 10.3 Å². The molecule has 2 saturated heterocycles. The summed E-state index contributed by atoms with van der Waals surface area (Å²) >= 11 is 0. The lowest BCUT2D eigenvalue weighted by Crippen LogP contribution is -2.40. The monoisotopic (exact) mass is 386 g/mol. The summed E-state index contributed by atoms with van der Waals surface area (Å²) in [5.74, 6) is 0.925. The Labute approximate surface area is 165 Å². The molecule has 0 saturated carbocycles. The molecule has 8 nitrogen and oxygen atoms in total. The molecule has 2 atom stereocenters. The maximum absolute atomic E-state index is 8.56. The van der Waals surface area contributed by atoms with E-state index in [4.69, 9.17) is 14.6 Å². The highest BCUT2D eigenvalue weighted by Gasteiger charge is 2.43. The molecule has 28 heavy (non-hydrogen) atoms. The summed E-state index contributed by atoms with van der Waals surface area (Å²) in [5.41, 5.74) is 2.87. The number of nitrogens with zero attached hydrogens (tertiary/aromatic N) is 3. The number of ether oxygens (including phenoxy) is 1. The number of furan rings is 1. The summed E-state index contributed by atoms with van der Waals surface area (Å²) in [6.07, 6.45) is 3.00. The molecule has 8 heteroatoms. The molecule has 0 radical (unpaired) electrons. The molecule has 2 aromatic rings. The molecule has 4 rings (SSSR count). The molecule has 2 fully saturated rings. The zero-order valence-electron chi connectivity index (χ0n) is 17.0. The lowest BCUT2D eigenvalue weighted by atomic mass is 10.1. The lowest BCUT2D eigenvalue weighted by molar-refractivity contribution is 0.0675. The summed E-state index contributed by atoms with van der Waals surface area (Å²) in [4.78, 5) is 8.85. The van der Waals surface area contributed by atoms with Crippen molar-refractivity contribution in [3.05, 3.63) is 23.6 Å². The largest absolute Gasteiger partial charge is 0.432 e. The molecule has 2 aromatic heterocycles. The van der Waals surface area contributed by atoms with Crippen LogP contribution in [0.25, 0.3) is 11.1 Å². The number of aromatic nitrogens is 1. The first kappa shape index (κ1) is 19.2. The van der Waals surface area contributed by atoms with E-state index in [9.17, 15) is 0 Å². The van der Waals surface area contributed by atoms with E-state index in [1.54, 1.807) is 0 Å². The number of anilines is 1. The lowest BCUT2D eigenvalue weighted by Gasteiger charge is -2.28. The number of rotatable bonds is 7. The van der Waals surface area contributed by atoms with Gasteiger partial charge in [-0.2, -0.15) is 0 Å². The van der Waals surface area contributed by atoms with Crippen molar-refractivity contribution in [2.75, 3.05) is 58.8 Å². The van der Waals surface area contributed by atoms with Gasteiger partial charge in [0.25, 0.3) is 0 Å². The molecule has 0 aromatic carbocycles. The van der Waals surface area contributed by atoms with Gasteiger partial charge in [0.1, 0.15) is 0 Å². The van der Waals surface area contributed by atoms with Gasteiger partial charge in [0.15, 0.2) is 11.6 Å². The normalized spacial score (nSPS) is 24.5. The Balaban J connectivity index is 1.46. The summed E-state index contributed by atoms with van der Waals surface area (Å²) in [7, 11) is 4.03. The smallest absolute Gasteiger partial charge is 0.229 e. The van der Waals surface area contributed by atoms with Crippen LogP contribution < -0.4 is 10.6 Å². The SMILES string of the molecule is CNc1c(C(=N)N2CCOCC2)oc2ncc(CNCCC3(C)CN3C)cc12. The van der Waals surface area contributed by atoms with Crippen LogP contribution in [0.4, 0.5) is 5.69 Å². The third kappa shape index (κ3) is 3.72. The van der Waals surface area contributed by atoms with Gasteiger partial charge in [-0.25, -0.2) is 4.98 Å². The fourth-order valence-electron chi connectivity index (χ4n) is 3.80. The van der Waals surface area contributed by atoms with E-state index >= 15 is 0 Å². The summed E-state index contributed by atoms with van der Waals surface area (Å²) in [5, 5.41) is 16.2. The maximum Gasteiger partial charge on any atom is 0.229 e. The van der Waals surface area contributed by atoms with Gasteiger partial charge >= 0.3 is 0 Å². The van der Waals surface area contributed by atoms with Gasteiger partial charge < -0.3 is 24.7 Å². The Bertz CT molecular complexity index is 860. The highest BCUT2D eigenvalue weighted by atomic mass is 16.5. The third-order valence-corrected chi connectivity index (χ3v) is 5.96. The zero-order chi connectivity index (χ0) is 19.7. The standard InChI is InChI=1S/C20H30N6O2/c1-20(13-25(20)3)4-5-23-11-14-10-15-16(22-2)17(28-19(15)24-12-14)18(21)26-6-8-27-9-7-26/h10,12,21-23H,4-9,11,13H2,1-3H3. The number of amidine groups is 1. The van der Waals surface area contributed by atoms with Gasteiger partial charge in [0.2, 0.25) is 5.71 Å². The van der Waals surface area contributed by atoms with Crippen LogP contribution in [0.1, 0.15) is 24.7 Å². The van der Waals surface area contributed by atoms with Gasteiger partial charge in [-0.1, -0.05) is 0 Å². The first-order valence-electron chi connectivity index (χ1n) is 9.94. The van der Waals surface area contributed by atoms with Crippen LogP contribution >= 0.6 is 0 Å². The summed E-state index contributed by atoms with van der Waals surface area (Å²) < 4.78 is 11.3. The van der Waals surface area contributed by atoms with Crippen molar-refractivity contribution in [2.24, 2.45) is 0 Å². The Hall–Kier alpha value is -2.16. The van der Waals surface area contributed by atoms with Crippen molar-refractivity contribution in [1.29, 1.82) is 5.41 Å². The molecule has 152 valence electrons. The Morgan fingerprint density at radius 2 is 2.11 bits per heavy atom. The van der Waals surface area contributed by atoms with Gasteiger partial charge in [-0.15, -0.1) is 0 Å². The minimum atomic E-state index is 0.369. The Morgan fingerprint density at radius 3 is 2.79 bits per heavy atom. The number of fused-ring (bicyclic) bond motifs is 1. The van der Waals surface area contributed by atoms with Crippen molar-refractivity contribution < 1.29 is 9.15 Å². The number of morpholine rings is 1. The minimum Gasteiger partial charge on any atom is -0.432 e. The van der Waals surface area contributed by atoms with E-state index in [0.29, 0.717) is 49.2 Å². The van der Waals surface area contributed by atoms with Crippen molar-refractivity contribution in [1.82, 2.24) is 20.1 Å². The van der Waals surface area contributed by atoms with Gasteiger partial charge in [0, 0.05) is 45.0 Å². The summed E-state index contributed by atoms with van der Waals surface area (Å²) in [6, 6.07) is 2.10. The van der Waals surface area contributed by atoms with Crippen LogP contribution in [-0.4, -0.2) is 79.6 Å². The minimum absolute atomic E-state index is 0.369. The number of nitrogens with one attached hydrogen (secondary N) is 3. The fraction of sp³-hybridized carbons (Fsp3) is 0.600. The number of hydrogen-bond acceptors (Lipinski definition) is 7. The van der Waals surface area contributed by atoms with Crippen molar-refractivity contribution in [2.45, 2.75) is 25.4 Å². The molecule has 0 amide bonds. The van der Waals surface area contributed by atoms with Crippen LogP contribution in [0.15, 0.2) is 16.7 Å². The first-order valence-corrected chi connectivity index (χ1v) is 9.94. The molecule has 0 aliphatic carbocycles. The first-order chi connectivity index (χ1) is 13.5. The fourth-order valence-corrected chi connectivity index (χ4v) is 3.80. The average molecular weight is 387 g/mol. The van der Waals surface area contributed by atoms with Crippen LogP contribution in [0.5, 0.6) is 0 Å². The van der Waals surface area contributed by atoms with E-state index in [1.807, 2.05) is 18.1 Å². The Kier molecular flexibility index (Phi) is 5.27. The molecular weight excluding hydrogens is 356 g/mol. The zero-order valence-corrected chi connectivity index (χ0v) is 17.0. The van der Waals surface area contributed by atoms with Crippen LogP contribution in [0.2, 0.25) is 0 Å². The maximum atomic E-state index is 8.56. The second-order valence-electron chi connectivity index (χ2n) is 7.98. The van der Waals surface area contributed by atoms with Gasteiger partial charge in [0.05, 0.1) is 24.3 Å². The predicted octanol–water partition coefficient (Wildman–Crippen LogP) is 1.71. The van der Waals surface area contributed by atoms with Crippen molar-refractivity contribution in [3.63, 3.8) is 0 Å². The highest BCUT2D eigenvalue weighted by molar-refractivity contribution is 6.06. The molecule has 2 aliphatic heterocycles. The van der Waals surface area contributed by atoms with Crippen molar-refractivity contribution >= 4 is 22.6 Å². The molecule has 2 unspecified atom stereocenters. The van der Waals surface area contributed by atoms with E-state index in [-0.39, 0.29) is 0 Å². The van der Waals surface area contributed by atoms with Crippen LogP contribution in [0, 0.1) is 5.41 Å². The van der Waals surface area contributed by atoms with Crippen molar-refractivity contribution in [3.8, 4) is 0 Å². The second-order valence-corrected chi connectivity index (χ2v) is 7.98. The molecule has 0 bridgehead atoms. The topological polar surface area (TPSA) is 89.4 Å². The Morgan fingerprint density at radius 1 is 1.36 bits per heavy atom. The second kappa shape index (κ2) is 7.69. The van der Waals surface area contributed by atoms with Crippen LogP contribution in [-0.2, 0) is 11.3 Å². The third-order valence-electron chi connectivity index (χ3n) is 5.96. The molecule has 4 heterocycles. The average Bonchev–Trinajstić information content (AvgIpc) is 3.15. The molecular formula is C20H30N6O2. The number of pyridine rings is 1. The highest BCUT2D eigenvalue weighted by Crippen LogP contribution is 2.32. The quantitative estimate of drug-likeness (QED) is 0.289. The van der Waals surface area contributed by atoms with Gasteiger partial charge in [-0.05, 0) is 38.6 Å². The predicted molar refractivity (Wildman–Crippen MR) is 110 cm³/mol. The number of hydrogen-bond donors (Lipinski definition) is 3. The van der Waals surface area contributed by atoms with E-state index in [2.05, 4.69) is 40.6 Å². The molecule has 2 aliphatic rings. The van der Waals surface area contributed by atoms with Crippen LogP contribution in [0.3, 0.4) is 0 Å². The molecule has 3 N–H and O–H groups in total. The van der Waals surface area contributed by atoms with E-state index in [0.717, 1.165) is 36.1 Å². The number of likely N-dealkylation sites (N-methyl/N-ethyl adjacent to an activating group) is 1. The van der Waals surface area contributed by atoms with E-state index < -0.39 is 0 Å². The molecule has 0 spiro atoms. The summed E-state index contributed by atoms with van der Waals surface area (Å²) in [6.45, 7) is 7.92. The van der Waals surface area contributed by atoms with E-state index in [1.165, 1.54) is 6.54 Å².